The largest absolute Gasteiger partial charge is 0.302 e. The Morgan fingerprint density at radius 1 is 1.00 bits per heavy atom. The Morgan fingerprint density at radius 2 is 1.67 bits per heavy atom. The Balaban J connectivity index is 1.93. The molecule has 0 heterocycles. The summed E-state index contributed by atoms with van der Waals surface area (Å²) < 4.78 is 0. The Kier molecular flexibility index (Phi) is 5.77. The molecule has 2 aromatic rings. The molecule has 0 aliphatic carbocycles. The van der Waals surface area contributed by atoms with E-state index in [9.17, 15) is 0 Å². The third-order valence-corrected chi connectivity index (χ3v) is 3.90. The summed E-state index contributed by atoms with van der Waals surface area (Å²) in [6.45, 7) is 6.40. The molecule has 0 N–H and O–H groups in total. The van der Waals surface area contributed by atoms with Crippen molar-refractivity contribution in [2.75, 3.05) is 13.6 Å². The number of rotatable bonds is 6. The van der Waals surface area contributed by atoms with Crippen LogP contribution in [0.15, 0.2) is 60.7 Å². The first kappa shape index (κ1) is 15.5. The molecule has 0 aromatic heterocycles. The lowest BCUT2D eigenvalue weighted by Gasteiger charge is -2.18. The minimum absolute atomic E-state index is 1.01. The molecule has 0 saturated carbocycles. The average Bonchev–Trinajstić information content (AvgIpc) is 2.50. The van der Waals surface area contributed by atoms with Gasteiger partial charge in [0, 0.05) is 13.1 Å². The highest BCUT2D eigenvalue weighted by atomic mass is 15.1. The second-order valence-corrected chi connectivity index (χ2v) is 5.60. The molecular formula is C20H25N. The van der Waals surface area contributed by atoms with Crippen LogP contribution >= 0.6 is 0 Å². The normalized spacial score (nSPS) is 11.9. The first-order chi connectivity index (χ1) is 10.2. The molecule has 0 aliphatic heterocycles. The van der Waals surface area contributed by atoms with E-state index in [-0.39, 0.29) is 0 Å². The van der Waals surface area contributed by atoms with Crippen molar-refractivity contribution in [1.29, 1.82) is 0 Å². The van der Waals surface area contributed by atoms with Crippen LogP contribution in [-0.4, -0.2) is 18.5 Å². The van der Waals surface area contributed by atoms with Crippen LogP contribution in [0.4, 0.5) is 0 Å². The van der Waals surface area contributed by atoms with Gasteiger partial charge in [0.15, 0.2) is 0 Å². The summed E-state index contributed by atoms with van der Waals surface area (Å²) in [6.07, 6.45) is 3.34. The lowest BCUT2D eigenvalue weighted by molar-refractivity contribution is 0.335. The zero-order valence-electron chi connectivity index (χ0n) is 13.3. The van der Waals surface area contributed by atoms with E-state index in [0.717, 1.165) is 19.5 Å². The van der Waals surface area contributed by atoms with Gasteiger partial charge in [-0.3, -0.25) is 0 Å². The van der Waals surface area contributed by atoms with E-state index in [2.05, 4.69) is 86.5 Å². The number of hydrogen-bond donors (Lipinski definition) is 0. The van der Waals surface area contributed by atoms with Crippen molar-refractivity contribution in [3.8, 4) is 0 Å². The first-order valence-corrected chi connectivity index (χ1v) is 7.64. The van der Waals surface area contributed by atoms with Crippen molar-refractivity contribution in [3.63, 3.8) is 0 Å². The second kappa shape index (κ2) is 7.80. The molecule has 0 amide bonds. The number of nitrogens with zero attached hydrogens (tertiary/aromatic N) is 1. The standard InChI is InChI=1S/C20H25N/c1-4-19(20-13-9-8-10-17(20)2)14-15-21(3)16-18-11-6-5-7-12-18/h4-13H,14-16H2,1-3H3/b19-4-. The van der Waals surface area contributed by atoms with Gasteiger partial charge >= 0.3 is 0 Å². The molecule has 110 valence electrons. The highest BCUT2D eigenvalue weighted by Gasteiger charge is 2.06. The molecule has 2 rings (SSSR count). The molecule has 0 unspecified atom stereocenters. The third-order valence-electron chi connectivity index (χ3n) is 3.90. The smallest absolute Gasteiger partial charge is 0.0230 e. The molecule has 1 heteroatoms. The van der Waals surface area contributed by atoms with E-state index in [1.54, 1.807) is 0 Å². The minimum atomic E-state index is 1.01. The molecule has 2 aromatic carbocycles. The van der Waals surface area contributed by atoms with Crippen LogP contribution in [0.3, 0.4) is 0 Å². The van der Waals surface area contributed by atoms with E-state index in [1.165, 1.54) is 22.3 Å². The zero-order valence-corrected chi connectivity index (χ0v) is 13.3. The fraction of sp³-hybridized carbons (Fsp3) is 0.300. The third kappa shape index (κ3) is 4.57. The van der Waals surface area contributed by atoms with E-state index < -0.39 is 0 Å². The molecule has 0 aliphatic rings. The van der Waals surface area contributed by atoms with Crippen LogP contribution < -0.4 is 0 Å². The predicted octanol–water partition coefficient (Wildman–Crippen LogP) is 4.92. The van der Waals surface area contributed by atoms with Gasteiger partial charge in [-0.2, -0.15) is 0 Å². The van der Waals surface area contributed by atoms with E-state index in [4.69, 9.17) is 0 Å². The van der Waals surface area contributed by atoms with Crippen LogP contribution in [0, 0.1) is 6.92 Å². The summed E-state index contributed by atoms with van der Waals surface area (Å²) in [5.41, 5.74) is 5.55. The van der Waals surface area contributed by atoms with Crippen molar-refractivity contribution >= 4 is 5.57 Å². The van der Waals surface area contributed by atoms with Gasteiger partial charge in [-0.1, -0.05) is 60.7 Å². The fourth-order valence-corrected chi connectivity index (χ4v) is 2.65. The lowest BCUT2D eigenvalue weighted by atomic mass is 9.98. The summed E-state index contributed by atoms with van der Waals surface area (Å²) in [5.74, 6) is 0. The Hall–Kier alpha value is -1.86. The highest BCUT2D eigenvalue weighted by molar-refractivity contribution is 5.67. The molecule has 0 atom stereocenters. The minimum Gasteiger partial charge on any atom is -0.302 e. The molecular weight excluding hydrogens is 254 g/mol. The number of benzene rings is 2. The predicted molar refractivity (Wildman–Crippen MR) is 92.2 cm³/mol. The van der Waals surface area contributed by atoms with Crippen LogP contribution in [0.25, 0.3) is 5.57 Å². The van der Waals surface area contributed by atoms with Crippen molar-refractivity contribution in [2.45, 2.75) is 26.8 Å². The molecule has 0 fully saturated rings. The summed E-state index contributed by atoms with van der Waals surface area (Å²) in [4.78, 5) is 2.39. The quantitative estimate of drug-likeness (QED) is 0.725. The van der Waals surface area contributed by atoms with Gasteiger partial charge in [-0.15, -0.1) is 0 Å². The zero-order chi connectivity index (χ0) is 15.1. The molecule has 21 heavy (non-hydrogen) atoms. The molecule has 1 nitrogen and oxygen atoms in total. The lowest BCUT2D eigenvalue weighted by Crippen LogP contribution is -2.19. The fourth-order valence-electron chi connectivity index (χ4n) is 2.65. The second-order valence-electron chi connectivity index (χ2n) is 5.60. The molecule has 0 spiro atoms. The van der Waals surface area contributed by atoms with Gasteiger partial charge in [0.05, 0.1) is 0 Å². The van der Waals surface area contributed by atoms with Crippen molar-refractivity contribution in [1.82, 2.24) is 4.90 Å². The number of aryl methyl sites for hydroxylation is 1. The monoisotopic (exact) mass is 279 g/mol. The topological polar surface area (TPSA) is 3.24 Å². The van der Waals surface area contributed by atoms with Gasteiger partial charge < -0.3 is 4.90 Å². The van der Waals surface area contributed by atoms with Crippen molar-refractivity contribution in [2.24, 2.45) is 0 Å². The van der Waals surface area contributed by atoms with Gasteiger partial charge in [-0.25, -0.2) is 0 Å². The van der Waals surface area contributed by atoms with Crippen LogP contribution in [-0.2, 0) is 6.54 Å². The maximum absolute atomic E-state index is 2.39. The van der Waals surface area contributed by atoms with E-state index in [1.807, 2.05) is 0 Å². The van der Waals surface area contributed by atoms with Gasteiger partial charge in [0.2, 0.25) is 0 Å². The maximum atomic E-state index is 2.39. The summed E-state index contributed by atoms with van der Waals surface area (Å²) >= 11 is 0. The van der Waals surface area contributed by atoms with E-state index in [0.29, 0.717) is 0 Å². The van der Waals surface area contributed by atoms with Crippen LogP contribution in [0.5, 0.6) is 0 Å². The summed E-state index contributed by atoms with van der Waals surface area (Å²) in [6, 6.07) is 19.3. The van der Waals surface area contributed by atoms with Crippen molar-refractivity contribution < 1.29 is 0 Å². The number of hydrogen-bond acceptors (Lipinski definition) is 1. The van der Waals surface area contributed by atoms with Crippen LogP contribution in [0.2, 0.25) is 0 Å². The van der Waals surface area contributed by atoms with Gasteiger partial charge in [0.25, 0.3) is 0 Å². The summed E-state index contributed by atoms with van der Waals surface area (Å²) in [7, 11) is 2.19. The molecule has 0 bridgehead atoms. The van der Waals surface area contributed by atoms with E-state index >= 15 is 0 Å². The van der Waals surface area contributed by atoms with Gasteiger partial charge in [0.1, 0.15) is 0 Å². The van der Waals surface area contributed by atoms with Gasteiger partial charge in [-0.05, 0) is 49.6 Å². The van der Waals surface area contributed by atoms with Crippen molar-refractivity contribution in [3.05, 3.63) is 77.4 Å². The first-order valence-electron chi connectivity index (χ1n) is 7.64. The Labute approximate surface area is 128 Å². The SMILES string of the molecule is C/C=C(/CCN(C)Cc1ccccc1)c1ccccc1C. The molecule has 0 radical (unpaired) electrons. The molecule has 0 saturated heterocycles. The average molecular weight is 279 g/mol. The van der Waals surface area contributed by atoms with Crippen LogP contribution in [0.1, 0.15) is 30.0 Å². The summed E-state index contributed by atoms with van der Waals surface area (Å²) in [5, 5.41) is 0. The number of allylic oxidation sites excluding steroid dienone is 1. The highest BCUT2D eigenvalue weighted by Crippen LogP contribution is 2.22. The maximum Gasteiger partial charge on any atom is 0.0230 e. The Bertz CT molecular complexity index is 584. The Morgan fingerprint density at radius 3 is 2.33 bits per heavy atom.